The van der Waals surface area contributed by atoms with Gasteiger partial charge in [-0.2, -0.15) is 0 Å². The lowest BCUT2D eigenvalue weighted by Crippen LogP contribution is -2.07. The maximum atomic E-state index is 11.3. The molecule has 0 aliphatic heterocycles. The van der Waals surface area contributed by atoms with Crippen molar-refractivity contribution < 1.29 is 9.53 Å². The van der Waals surface area contributed by atoms with E-state index >= 15 is 0 Å². The van der Waals surface area contributed by atoms with Crippen molar-refractivity contribution in [2.24, 2.45) is 0 Å². The fourth-order valence-corrected chi connectivity index (χ4v) is 1.68. The number of carbonyl (C=O) groups excluding carboxylic acids is 1. The van der Waals surface area contributed by atoms with Gasteiger partial charge >= 0.3 is 5.97 Å². The minimum absolute atomic E-state index is 0.175. The van der Waals surface area contributed by atoms with Gasteiger partial charge in [-0.25, -0.2) is 9.97 Å². The van der Waals surface area contributed by atoms with E-state index in [-0.39, 0.29) is 12.4 Å². The lowest BCUT2D eigenvalue weighted by Gasteiger charge is -1.97. The van der Waals surface area contributed by atoms with Crippen molar-refractivity contribution >= 4 is 27.7 Å². The van der Waals surface area contributed by atoms with Crippen molar-refractivity contribution in [3.8, 4) is 0 Å². The van der Waals surface area contributed by atoms with Crippen molar-refractivity contribution in [2.45, 2.75) is 13.3 Å². The minimum atomic E-state index is -0.273. The second-order valence-electron chi connectivity index (χ2n) is 3.19. The summed E-state index contributed by atoms with van der Waals surface area (Å²) in [5.41, 5.74) is 0.657. The van der Waals surface area contributed by atoms with Crippen molar-refractivity contribution in [3.63, 3.8) is 0 Å². The number of imidazole rings is 1. The van der Waals surface area contributed by atoms with Gasteiger partial charge < -0.3 is 4.74 Å². The lowest BCUT2D eigenvalue weighted by atomic mass is 10.3. The molecule has 0 spiro atoms. The van der Waals surface area contributed by atoms with Crippen LogP contribution in [0.1, 0.15) is 12.6 Å². The van der Waals surface area contributed by atoms with E-state index in [9.17, 15) is 4.79 Å². The number of hydrogen-bond acceptors (Lipinski definition) is 4. The number of ether oxygens (including phenoxy) is 1. The third-order valence-corrected chi connectivity index (χ3v) is 2.37. The summed E-state index contributed by atoms with van der Waals surface area (Å²) < 4.78 is 7.47. The third-order valence-electron chi connectivity index (χ3n) is 1.96. The Labute approximate surface area is 101 Å². The van der Waals surface area contributed by atoms with Gasteiger partial charge in [0.25, 0.3) is 0 Å². The molecule has 0 bridgehead atoms. The second kappa shape index (κ2) is 4.61. The number of hydrogen-bond donors (Lipinski definition) is 0. The Morgan fingerprint density at radius 1 is 1.56 bits per heavy atom. The Morgan fingerprint density at radius 2 is 2.38 bits per heavy atom. The molecule has 5 nitrogen and oxygen atoms in total. The standard InChI is InChI=1S/C10H10BrN3O2/c1-2-16-9(15)3-8-6-14-5-7(11)4-12-10(14)13-8/h4-6H,2-3H2,1H3. The highest BCUT2D eigenvalue weighted by molar-refractivity contribution is 9.10. The quantitative estimate of drug-likeness (QED) is 0.803. The smallest absolute Gasteiger partial charge is 0.311 e. The molecule has 84 valence electrons. The molecule has 0 amide bonds. The fourth-order valence-electron chi connectivity index (χ4n) is 1.35. The molecule has 2 heterocycles. The van der Waals surface area contributed by atoms with Gasteiger partial charge in [0.15, 0.2) is 0 Å². The normalized spacial score (nSPS) is 10.6. The summed E-state index contributed by atoms with van der Waals surface area (Å²) in [7, 11) is 0. The lowest BCUT2D eigenvalue weighted by molar-refractivity contribution is -0.142. The summed E-state index contributed by atoms with van der Waals surface area (Å²) >= 11 is 3.31. The number of carbonyl (C=O) groups is 1. The predicted octanol–water partition coefficient (Wildman–Crippen LogP) is 1.60. The van der Waals surface area contributed by atoms with Gasteiger partial charge in [0, 0.05) is 18.6 Å². The van der Waals surface area contributed by atoms with Crippen molar-refractivity contribution in [1.29, 1.82) is 0 Å². The van der Waals surface area contributed by atoms with E-state index in [1.807, 2.05) is 6.20 Å². The Bertz CT molecular complexity index is 524. The summed E-state index contributed by atoms with van der Waals surface area (Å²) in [4.78, 5) is 19.6. The summed E-state index contributed by atoms with van der Waals surface area (Å²) in [6.07, 6.45) is 5.44. The van der Waals surface area contributed by atoms with Gasteiger partial charge in [0.2, 0.25) is 5.78 Å². The molecule has 0 saturated heterocycles. The molecule has 0 aliphatic carbocycles. The molecule has 0 N–H and O–H groups in total. The van der Waals surface area contributed by atoms with Gasteiger partial charge in [0.1, 0.15) is 0 Å². The second-order valence-corrected chi connectivity index (χ2v) is 4.11. The minimum Gasteiger partial charge on any atom is -0.466 e. The van der Waals surface area contributed by atoms with Crippen LogP contribution in [0.25, 0.3) is 5.78 Å². The zero-order chi connectivity index (χ0) is 11.5. The van der Waals surface area contributed by atoms with Crippen LogP contribution in [-0.2, 0) is 16.0 Å². The molecule has 0 atom stereocenters. The maximum absolute atomic E-state index is 11.3. The summed E-state index contributed by atoms with van der Waals surface area (Å²) in [6.45, 7) is 2.16. The topological polar surface area (TPSA) is 56.5 Å². The van der Waals surface area contributed by atoms with Crippen LogP contribution >= 0.6 is 15.9 Å². The number of fused-ring (bicyclic) bond motifs is 1. The molecule has 0 radical (unpaired) electrons. The molecule has 0 aliphatic rings. The summed E-state index contributed by atoms with van der Waals surface area (Å²) in [5.74, 6) is 0.299. The van der Waals surface area contributed by atoms with Gasteiger partial charge in [-0.15, -0.1) is 0 Å². The van der Waals surface area contributed by atoms with Crippen molar-refractivity contribution in [1.82, 2.24) is 14.4 Å². The zero-order valence-electron chi connectivity index (χ0n) is 8.68. The van der Waals surface area contributed by atoms with E-state index < -0.39 is 0 Å². The molecule has 6 heteroatoms. The van der Waals surface area contributed by atoms with Crippen LogP contribution in [0.3, 0.4) is 0 Å². The molecule has 0 aromatic carbocycles. The van der Waals surface area contributed by atoms with Crippen LogP contribution < -0.4 is 0 Å². The first-order valence-electron chi connectivity index (χ1n) is 4.84. The maximum Gasteiger partial charge on any atom is 0.311 e. The first-order chi connectivity index (χ1) is 7.69. The van der Waals surface area contributed by atoms with E-state index in [0.717, 1.165) is 4.47 Å². The Balaban J connectivity index is 2.23. The van der Waals surface area contributed by atoms with Crippen LogP contribution in [0.15, 0.2) is 23.1 Å². The average molecular weight is 284 g/mol. The number of rotatable bonds is 3. The molecule has 0 unspecified atom stereocenters. The van der Waals surface area contributed by atoms with Gasteiger partial charge in [-0.05, 0) is 22.9 Å². The SMILES string of the molecule is CCOC(=O)Cc1cn2cc(Br)cnc2n1. The fraction of sp³-hybridized carbons (Fsp3) is 0.300. The first-order valence-corrected chi connectivity index (χ1v) is 5.63. The molecule has 2 aromatic rings. The van der Waals surface area contributed by atoms with E-state index in [4.69, 9.17) is 4.74 Å². The molecule has 16 heavy (non-hydrogen) atoms. The van der Waals surface area contributed by atoms with E-state index in [1.54, 1.807) is 23.7 Å². The highest BCUT2D eigenvalue weighted by Crippen LogP contribution is 2.10. The Hall–Kier alpha value is -1.43. The predicted molar refractivity (Wildman–Crippen MR) is 61.0 cm³/mol. The largest absolute Gasteiger partial charge is 0.466 e. The van der Waals surface area contributed by atoms with E-state index in [0.29, 0.717) is 18.1 Å². The van der Waals surface area contributed by atoms with Crippen LogP contribution in [-0.4, -0.2) is 26.9 Å². The van der Waals surface area contributed by atoms with Gasteiger partial charge in [-0.1, -0.05) is 0 Å². The summed E-state index contributed by atoms with van der Waals surface area (Å²) in [5, 5.41) is 0. The Kier molecular flexibility index (Phi) is 3.19. The number of aromatic nitrogens is 3. The highest BCUT2D eigenvalue weighted by atomic mass is 79.9. The van der Waals surface area contributed by atoms with Gasteiger partial charge in [0.05, 0.1) is 23.2 Å². The van der Waals surface area contributed by atoms with Crippen LogP contribution in [0, 0.1) is 0 Å². The van der Waals surface area contributed by atoms with Crippen molar-refractivity contribution in [2.75, 3.05) is 6.61 Å². The Morgan fingerprint density at radius 3 is 3.12 bits per heavy atom. The van der Waals surface area contributed by atoms with Crippen LogP contribution in [0.4, 0.5) is 0 Å². The van der Waals surface area contributed by atoms with E-state index in [1.165, 1.54) is 0 Å². The molecular weight excluding hydrogens is 274 g/mol. The first kappa shape index (κ1) is 11.1. The van der Waals surface area contributed by atoms with Crippen LogP contribution in [0.2, 0.25) is 0 Å². The molecule has 0 saturated carbocycles. The molecule has 0 fully saturated rings. The highest BCUT2D eigenvalue weighted by Gasteiger charge is 2.08. The van der Waals surface area contributed by atoms with E-state index in [2.05, 4.69) is 25.9 Å². The molecule has 2 rings (SSSR count). The number of esters is 1. The third kappa shape index (κ3) is 2.38. The number of halogens is 1. The number of nitrogens with zero attached hydrogens (tertiary/aromatic N) is 3. The average Bonchev–Trinajstić information content (AvgIpc) is 2.59. The summed E-state index contributed by atoms with van der Waals surface area (Å²) in [6, 6.07) is 0. The zero-order valence-corrected chi connectivity index (χ0v) is 10.3. The molecule has 2 aromatic heterocycles. The van der Waals surface area contributed by atoms with Crippen molar-refractivity contribution in [3.05, 3.63) is 28.8 Å². The van der Waals surface area contributed by atoms with Gasteiger partial charge in [-0.3, -0.25) is 9.20 Å². The monoisotopic (exact) mass is 283 g/mol. The van der Waals surface area contributed by atoms with Crippen LogP contribution in [0.5, 0.6) is 0 Å². The molecular formula is C10H10BrN3O2.